The number of amidine groups is 1. The lowest BCUT2D eigenvalue weighted by Gasteiger charge is -2.22. The Balaban J connectivity index is 0.00000121. The lowest BCUT2D eigenvalue weighted by atomic mass is 10.2. The molecule has 0 radical (unpaired) electrons. The molecule has 1 heterocycles. The first-order chi connectivity index (χ1) is 5.29. The van der Waals surface area contributed by atoms with E-state index in [1.165, 1.54) is 0 Å². The van der Waals surface area contributed by atoms with Gasteiger partial charge in [-0.3, -0.25) is 5.41 Å². The molecule has 0 bridgehead atoms. The van der Waals surface area contributed by atoms with Crippen molar-refractivity contribution in [3.8, 4) is 0 Å². The lowest BCUT2D eigenvalue weighted by molar-refractivity contribution is -0.153. The minimum atomic E-state index is -0.132. The van der Waals surface area contributed by atoms with Crippen molar-refractivity contribution in [2.75, 3.05) is 13.2 Å². The van der Waals surface area contributed by atoms with Crippen molar-refractivity contribution in [3.05, 3.63) is 0 Å². The van der Waals surface area contributed by atoms with Crippen molar-refractivity contribution >= 4 is 18.2 Å². The second-order valence-corrected chi connectivity index (χ2v) is 2.63. The summed E-state index contributed by atoms with van der Waals surface area (Å²) in [7, 11) is 0. The van der Waals surface area contributed by atoms with E-state index in [1.54, 1.807) is 0 Å². The Morgan fingerprint density at radius 1 is 1.58 bits per heavy atom. The van der Waals surface area contributed by atoms with E-state index in [4.69, 9.17) is 20.6 Å². The summed E-state index contributed by atoms with van der Waals surface area (Å²) in [5.74, 6) is 0.0548. The van der Waals surface area contributed by atoms with Gasteiger partial charge in [-0.2, -0.15) is 0 Å². The highest BCUT2D eigenvalue weighted by atomic mass is 35.5. The number of halogens is 1. The fraction of sp³-hybridized carbons (Fsp3) is 0.857. The van der Waals surface area contributed by atoms with Crippen molar-refractivity contribution in [1.29, 1.82) is 5.41 Å². The highest BCUT2D eigenvalue weighted by molar-refractivity contribution is 5.85. The molecule has 0 aromatic carbocycles. The van der Waals surface area contributed by atoms with Crippen molar-refractivity contribution in [3.63, 3.8) is 0 Å². The quantitative estimate of drug-likeness (QED) is 0.518. The molecular formula is C7H15ClN2O2. The molecule has 1 atom stereocenters. The molecule has 1 rings (SSSR count). The third-order valence-electron chi connectivity index (χ3n) is 1.56. The van der Waals surface area contributed by atoms with E-state index in [2.05, 4.69) is 0 Å². The summed E-state index contributed by atoms with van der Waals surface area (Å²) in [5.41, 5.74) is 5.11. The van der Waals surface area contributed by atoms with Crippen LogP contribution in [0.25, 0.3) is 0 Å². The Morgan fingerprint density at radius 2 is 2.33 bits per heavy atom. The topological polar surface area (TPSA) is 68.3 Å². The Kier molecular flexibility index (Phi) is 6.06. The predicted octanol–water partition coefficient (Wildman–Crippen LogP) is 0.887. The molecule has 0 amide bonds. The third kappa shape index (κ3) is 4.54. The average molecular weight is 195 g/mol. The van der Waals surface area contributed by atoms with E-state index in [0.717, 1.165) is 25.9 Å². The smallest absolute Gasteiger partial charge is 0.158 e. The fourth-order valence-corrected chi connectivity index (χ4v) is 1.03. The van der Waals surface area contributed by atoms with Gasteiger partial charge >= 0.3 is 0 Å². The van der Waals surface area contributed by atoms with Crippen molar-refractivity contribution in [2.45, 2.75) is 25.6 Å². The van der Waals surface area contributed by atoms with Gasteiger partial charge in [0, 0.05) is 6.61 Å². The molecule has 3 N–H and O–H groups in total. The Labute approximate surface area is 78.3 Å². The number of nitrogens with one attached hydrogen (secondary N) is 1. The van der Waals surface area contributed by atoms with Crippen LogP contribution >= 0.6 is 12.4 Å². The van der Waals surface area contributed by atoms with Crippen LogP contribution in [-0.4, -0.2) is 25.3 Å². The van der Waals surface area contributed by atoms with Gasteiger partial charge in [0.2, 0.25) is 0 Å². The largest absolute Gasteiger partial charge is 0.386 e. The van der Waals surface area contributed by atoms with E-state index in [0.29, 0.717) is 0 Å². The molecule has 0 saturated carbocycles. The zero-order valence-electron chi connectivity index (χ0n) is 6.91. The van der Waals surface area contributed by atoms with Crippen LogP contribution in [0, 0.1) is 5.41 Å². The van der Waals surface area contributed by atoms with Crippen LogP contribution in [0.15, 0.2) is 0 Å². The number of nitrogens with two attached hydrogens (primary N) is 1. The molecule has 1 aliphatic heterocycles. The summed E-state index contributed by atoms with van der Waals surface area (Å²) in [6.07, 6.45) is 3.04. The first-order valence-corrected chi connectivity index (χ1v) is 3.85. The molecule has 1 unspecified atom stereocenters. The molecular weight excluding hydrogens is 180 g/mol. The van der Waals surface area contributed by atoms with E-state index < -0.39 is 0 Å². The summed E-state index contributed by atoms with van der Waals surface area (Å²) in [6.45, 7) is 0.952. The zero-order valence-corrected chi connectivity index (χ0v) is 7.73. The second-order valence-electron chi connectivity index (χ2n) is 2.63. The summed E-state index contributed by atoms with van der Waals surface area (Å²) in [6, 6.07) is 0. The SMILES string of the molecule is Cl.N=C(N)COC1CCCCO1. The molecule has 5 heteroatoms. The van der Waals surface area contributed by atoms with Gasteiger partial charge in [0.05, 0.1) is 0 Å². The average Bonchev–Trinajstić information content (AvgIpc) is 2.03. The van der Waals surface area contributed by atoms with Gasteiger partial charge in [-0.15, -0.1) is 12.4 Å². The summed E-state index contributed by atoms with van der Waals surface area (Å²) in [4.78, 5) is 0. The number of rotatable bonds is 3. The minimum absolute atomic E-state index is 0. The van der Waals surface area contributed by atoms with Crippen molar-refractivity contribution in [1.82, 2.24) is 0 Å². The molecule has 0 aliphatic carbocycles. The summed E-state index contributed by atoms with van der Waals surface area (Å²) < 4.78 is 10.4. The van der Waals surface area contributed by atoms with Crippen LogP contribution in [-0.2, 0) is 9.47 Å². The monoisotopic (exact) mass is 194 g/mol. The maximum absolute atomic E-state index is 6.91. The second kappa shape index (κ2) is 6.22. The van der Waals surface area contributed by atoms with E-state index in [-0.39, 0.29) is 31.1 Å². The first-order valence-electron chi connectivity index (χ1n) is 3.85. The molecule has 0 spiro atoms. The van der Waals surface area contributed by atoms with Gasteiger partial charge < -0.3 is 15.2 Å². The molecule has 1 saturated heterocycles. The summed E-state index contributed by atoms with van der Waals surface area (Å²) >= 11 is 0. The highest BCUT2D eigenvalue weighted by Gasteiger charge is 2.13. The van der Waals surface area contributed by atoms with Crippen LogP contribution < -0.4 is 5.73 Å². The maximum atomic E-state index is 6.91. The van der Waals surface area contributed by atoms with E-state index in [9.17, 15) is 0 Å². The van der Waals surface area contributed by atoms with Crippen molar-refractivity contribution < 1.29 is 9.47 Å². The van der Waals surface area contributed by atoms with Gasteiger partial charge in [0.1, 0.15) is 12.4 Å². The molecule has 0 aromatic rings. The van der Waals surface area contributed by atoms with Gasteiger partial charge in [-0.1, -0.05) is 0 Å². The van der Waals surface area contributed by atoms with Crippen molar-refractivity contribution in [2.24, 2.45) is 5.73 Å². The predicted molar refractivity (Wildman–Crippen MR) is 48.7 cm³/mol. The molecule has 1 fully saturated rings. The Morgan fingerprint density at radius 3 is 2.83 bits per heavy atom. The molecule has 12 heavy (non-hydrogen) atoms. The van der Waals surface area contributed by atoms with Crippen LogP contribution in [0.4, 0.5) is 0 Å². The van der Waals surface area contributed by atoms with Crippen LogP contribution in [0.3, 0.4) is 0 Å². The third-order valence-corrected chi connectivity index (χ3v) is 1.56. The minimum Gasteiger partial charge on any atom is -0.386 e. The first kappa shape index (κ1) is 11.7. The summed E-state index contributed by atoms with van der Waals surface area (Å²) in [5, 5.41) is 6.91. The number of hydrogen-bond donors (Lipinski definition) is 2. The van der Waals surface area contributed by atoms with Gasteiger partial charge in [0.25, 0.3) is 0 Å². The normalized spacial score (nSPS) is 22.8. The van der Waals surface area contributed by atoms with Gasteiger partial charge in [-0.25, -0.2) is 0 Å². The number of hydrogen-bond acceptors (Lipinski definition) is 3. The van der Waals surface area contributed by atoms with Crippen LogP contribution in [0.2, 0.25) is 0 Å². The molecule has 0 aromatic heterocycles. The molecule has 1 aliphatic rings. The van der Waals surface area contributed by atoms with Crippen LogP contribution in [0.5, 0.6) is 0 Å². The Bertz CT molecular complexity index is 137. The van der Waals surface area contributed by atoms with Gasteiger partial charge in [-0.05, 0) is 19.3 Å². The highest BCUT2D eigenvalue weighted by Crippen LogP contribution is 2.12. The van der Waals surface area contributed by atoms with Gasteiger partial charge in [0.15, 0.2) is 6.29 Å². The maximum Gasteiger partial charge on any atom is 0.158 e. The van der Waals surface area contributed by atoms with Crippen LogP contribution in [0.1, 0.15) is 19.3 Å². The van der Waals surface area contributed by atoms with E-state index in [1.807, 2.05) is 0 Å². The number of ether oxygens (including phenoxy) is 2. The zero-order chi connectivity index (χ0) is 8.10. The lowest BCUT2D eigenvalue weighted by Crippen LogP contribution is -2.27. The molecule has 4 nitrogen and oxygen atoms in total. The Hall–Kier alpha value is -0.320. The fourth-order valence-electron chi connectivity index (χ4n) is 1.03. The standard InChI is InChI=1S/C7H14N2O2.ClH/c8-6(9)5-11-7-3-1-2-4-10-7;/h7H,1-5H2,(H3,8,9);1H. The van der Waals surface area contributed by atoms with E-state index >= 15 is 0 Å². The molecule has 72 valence electrons.